The van der Waals surface area contributed by atoms with Gasteiger partial charge in [0.25, 0.3) is 0 Å². The van der Waals surface area contributed by atoms with E-state index >= 15 is 0 Å². The summed E-state index contributed by atoms with van der Waals surface area (Å²) in [5, 5.41) is 2.73. The number of carbonyl (C=O) groups is 2. The number of ether oxygens (including phenoxy) is 2. The Balaban J connectivity index is 2.51. The fourth-order valence-corrected chi connectivity index (χ4v) is 2.16. The van der Waals surface area contributed by atoms with Crippen molar-refractivity contribution < 1.29 is 19.1 Å². The van der Waals surface area contributed by atoms with Gasteiger partial charge in [0.05, 0.1) is 12.5 Å². The molecule has 0 aromatic heterocycles. The zero-order chi connectivity index (χ0) is 13.4. The number of alkyl carbamates (subject to hydrolysis) is 1. The van der Waals surface area contributed by atoms with E-state index in [2.05, 4.69) is 11.9 Å². The van der Waals surface area contributed by atoms with Crippen molar-refractivity contribution in [1.82, 2.24) is 5.32 Å². The third kappa shape index (κ3) is 4.39. The molecule has 5 heteroatoms. The second-order valence-electron chi connectivity index (χ2n) is 4.28. The average molecular weight is 255 g/mol. The maximum Gasteiger partial charge on any atom is 0.407 e. The van der Waals surface area contributed by atoms with E-state index in [9.17, 15) is 9.59 Å². The molecule has 0 heterocycles. The Hall–Kier alpha value is -1.52. The summed E-state index contributed by atoms with van der Waals surface area (Å²) in [6.07, 6.45) is 4.53. The molecule has 0 aliphatic heterocycles. The summed E-state index contributed by atoms with van der Waals surface area (Å²) in [6.45, 7) is 5.78. The first-order valence-corrected chi connectivity index (χ1v) is 6.39. The third-order valence-corrected chi connectivity index (χ3v) is 2.99. The van der Waals surface area contributed by atoms with E-state index in [1.54, 1.807) is 6.92 Å². The van der Waals surface area contributed by atoms with Crippen molar-refractivity contribution in [3.63, 3.8) is 0 Å². The van der Waals surface area contributed by atoms with Gasteiger partial charge in [0.15, 0.2) is 0 Å². The lowest BCUT2D eigenvalue weighted by Gasteiger charge is -2.30. The Morgan fingerprint density at radius 1 is 1.33 bits per heavy atom. The van der Waals surface area contributed by atoms with Crippen molar-refractivity contribution in [2.75, 3.05) is 13.2 Å². The molecule has 1 aliphatic carbocycles. The Kier molecular flexibility index (Phi) is 6.25. The summed E-state index contributed by atoms with van der Waals surface area (Å²) in [7, 11) is 0. The second kappa shape index (κ2) is 7.74. The van der Waals surface area contributed by atoms with Crippen LogP contribution in [0.5, 0.6) is 0 Å². The lowest BCUT2D eigenvalue weighted by Crippen LogP contribution is -2.45. The Morgan fingerprint density at radius 2 is 2.06 bits per heavy atom. The Bertz CT molecular complexity index is 303. The molecule has 1 N–H and O–H groups in total. The van der Waals surface area contributed by atoms with Crippen molar-refractivity contribution in [2.45, 2.75) is 38.6 Å². The second-order valence-corrected chi connectivity index (χ2v) is 4.28. The van der Waals surface area contributed by atoms with Gasteiger partial charge < -0.3 is 14.8 Å². The molecule has 0 aromatic carbocycles. The third-order valence-electron chi connectivity index (χ3n) is 2.99. The summed E-state index contributed by atoms with van der Waals surface area (Å²) in [6, 6.07) is -0.185. The van der Waals surface area contributed by atoms with Crippen LogP contribution in [-0.4, -0.2) is 31.3 Å². The molecule has 0 radical (unpaired) electrons. The molecule has 0 aromatic rings. The van der Waals surface area contributed by atoms with Gasteiger partial charge in [-0.25, -0.2) is 4.79 Å². The van der Waals surface area contributed by atoms with Gasteiger partial charge in [-0.2, -0.15) is 0 Å². The minimum Gasteiger partial charge on any atom is -0.466 e. The number of nitrogens with one attached hydrogen (secondary N) is 1. The molecule has 1 aliphatic rings. The van der Waals surface area contributed by atoms with Crippen LogP contribution in [0.15, 0.2) is 12.7 Å². The topological polar surface area (TPSA) is 64.6 Å². The van der Waals surface area contributed by atoms with Gasteiger partial charge >= 0.3 is 12.1 Å². The monoisotopic (exact) mass is 255 g/mol. The lowest BCUT2D eigenvalue weighted by atomic mass is 9.84. The number of hydrogen-bond acceptors (Lipinski definition) is 4. The summed E-state index contributed by atoms with van der Waals surface area (Å²) < 4.78 is 9.89. The molecule has 2 unspecified atom stereocenters. The van der Waals surface area contributed by atoms with Gasteiger partial charge in [-0.05, 0) is 19.8 Å². The van der Waals surface area contributed by atoms with Crippen LogP contribution < -0.4 is 5.32 Å². The van der Waals surface area contributed by atoms with Crippen molar-refractivity contribution in [3.05, 3.63) is 12.7 Å². The van der Waals surface area contributed by atoms with Gasteiger partial charge in [0, 0.05) is 6.04 Å². The minimum atomic E-state index is -0.504. The molecule has 0 saturated heterocycles. The summed E-state index contributed by atoms with van der Waals surface area (Å²) >= 11 is 0. The van der Waals surface area contributed by atoms with Crippen LogP contribution in [-0.2, 0) is 14.3 Å². The van der Waals surface area contributed by atoms with Crippen LogP contribution >= 0.6 is 0 Å². The molecule has 2 atom stereocenters. The molecule has 18 heavy (non-hydrogen) atoms. The van der Waals surface area contributed by atoms with E-state index in [0.29, 0.717) is 6.61 Å². The van der Waals surface area contributed by atoms with Crippen LogP contribution in [0.2, 0.25) is 0 Å². The fraction of sp³-hybridized carbons (Fsp3) is 0.692. The highest BCUT2D eigenvalue weighted by molar-refractivity contribution is 5.75. The molecular formula is C13H21NO4. The van der Waals surface area contributed by atoms with Gasteiger partial charge in [-0.3, -0.25) is 4.79 Å². The van der Waals surface area contributed by atoms with Gasteiger partial charge in [0.1, 0.15) is 6.61 Å². The molecule has 0 bridgehead atoms. The van der Waals surface area contributed by atoms with E-state index in [-0.39, 0.29) is 24.5 Å². The first-order chi connectivity index (χ1) is 8.69. The fourth-order valence-electron chi connectivity index (χ4n) is 2.16. The molecule has 1 fully saturated rings. The minimum absolute atomic E-state index is 0.169. The van der Waals surface area contributed by atoms with E-state index < -0.39 is 6.09 Å². The van der Waals surface area contributed by atoms with Crippen LogP contribution in [0, 0.1) is 5.92 Å². The summed E-state index contributed by atoms with van der Waals surface area (Å²) in [4.78, 5) is 23.2. The maximum absolute atomic E-state index is 11.8. The normalized spacial score (nSPS) is 22.9. The maximum atomic E-state index is 11.8. The quantitative estimate of drug-likeness (QED) is 0.603. The van der Waals surface area contributed by atoms with E-state index in [1.165, 1.54) is 6.08 Å². The average Bonchev–Trinajstić information content (AvgIpc) is 2.37. The molecule has 5 nitrogen and oxygen atoms in total. The number of esters is 1. The van der Waals surface area contributed by atoms with E-state index in [1.807, 2.05) is 0 Å². The predicted molar refractivity (Wildman–Crippen MR) is 67.1 cm³/mol. The molecule has 0 spiro atoms. The lowest BCUT2D eigenvalue weighted by molar-refractivity contribution is -0.150. The highest BCUT2D eigenvalue weighted by Gasteiger charge is 2.33. The number of amides is 1. The standard InChI is InChI=1S/C13H21NO4/c1-3-9-18-13(16)14-11-8-6-5-7-10(11)12(15)17-4-2/h3,10-11H,1,4-9H2,2H3,(H,14,16). The van der Waals surface area contributed by atoms with Gasteiger partial charge in [0.2, 0.25) is 0 Å². The molecular weight excluding hydrogens is 234 g/mol. The van der Waals surface area contributed by atoms with Crippen molar-refractivity contribution >= 4 is 12.1 Å². The first kappa shape index (κ1) is 14.5. The molecule has 102 valence electrons. The van der Waals surface area contributed by atoms with E-state index in [4.69, 9.17) is 9.47 Å². The predicted octanol–water partition coefficient (Wildman–Crippen LogP) is 2.02. The van der Waals surface area contributed by atoms with Crippen LogP contribution in [0.4, 0.5) is 4.79 Å². The Labute approximate surface area is 108 Å². The SMILES string of the molecule is C=CCOC(=O)NC1CCCCC1C(=O)OCC. The largest absolute Gasteiger partial charge is 0.466 e. The molecule has 1 rings (SSSR count). The molecule has 1 amide bonds. The number of carbonyl (C=O) groups excluding carboxylic acids is 2. The first-order valence-electron chi connectivity index (χ1n) is 6.39. The van der Waals surface area contributed by atoms with Crippen molar-refractivity contribution in [1.29, 1.82) is 0 Å². The summed E-state index contributed by atoms with van der Waals surface area (Å²) in [5.74, 6) is -0.485. The van der Waals surface area contributed by atoms with Crippen molar-refractivity contribution in [3.8, 4) is 0 Å². The number of hydrogen-bond donors (Lipinski definition) is 1. The van der Waals surface area contributed by atoms with Crippen molar-refractivity contribution in [2.24, 2.45) is 5.92 Å². The highest BCUT2D eigenvalue weighted by atomic mass is 16.5. The van der Waals surface area contributed by atoms with Gasteiger partial charge in [-0.1, -0.05) is 25.5 Å². The smallest absolute Gasteiger partial charge is 0.407 e. The van der Waals surface area contributed by atoms with Crippen LogP contribution in [0.25, 0.3) is 0 Å². The van der Waals surface area contributed by atoms with Gasteiger partial charge in [-0.15, -0.1) is 0 Å². The van der Waals surface area contributed by atoms with Crippen LogP contribution in [0.3, 0.4) is 0 Å². The zero-order valence-electron chi connectivity index (χ0n) is 10.8. The Morgan fingerprint density at radius 3 is 2.72 bits per heavy atom. The van der Waals surface area contributed by atoms with Crippen LogP contribution in [0.1, 0.15) is 32.6 Å². The van der Waals surface area contributed by atoms with E-state index in [0.717, 1.165) is 25.7 Å². The zero-order valence-corrected chi connectivity index (χ0v) is 10.8. The highest BCUT2D eigenvalue weighted by Crippen LogP contribution is 2.25. The summed E-state index contributed by atoms with van der Waals surface area (Å²) in [5.41, 5.74) is 0. The molecule has 1 saturated carbocycles. The number of rotatable bonds is 5.